The van der Waals surface area contributed by atoms with E-state index < -0.39 is 18.1 Å². The minimum atomic E-state index is -3.28. The molecule has 1 aromatic rings. The molecule has 0 saturated carbocycles. The lowest BCUT2D eigenvalue weighted by atomic mass is 10.1. The van der Waals surface area contributed by atoms with E-state index >= 15 is 0 Å². The molecule has 0 spiro atoms. The van der Waals surface area contributed by atoms with Gasteiger partial charge in [0.15, 0.2) is 0 Å². The Morgan fingerprint density at radius 1 is 1.47 bits per heavy atom. The van der Waals surface area contributed by atoms with E-state index in [-0.39, 0.29) is 5.56 Å². The highest BCUT2D eigenvalue weighted by Crippen LogP contribution is 2.41. The molecule has 0 aliphatic heterocycles. The van der Waals surface area contributed by atoms with E-state index in [1.54, 1.807) is 12.1 Å². The van der Waals surface area contributed by atoms with Crippen LogP contribution >= 0.6 is 22.6 Å². The monoisotopic (exact) mass is 324 g/mol. The number of fused-ring (bicyclic) bond motifs is 1. The molecule has 0 saturated heterocycles. The molecule has 1 aliphatic rings. The Morgan fingerprint density at radius 3 is 2.73 bits per heavy atom. The highest BCUT2D eigenvalue weighted by molar-refractivity contribution is 14.1. The van der Waals surface area contributed by atoms with Gasteiger partial charge in [0.2, 0.25) is 5.78 Å². The van der Waals surface area contributed by atoms with Crippen LogP contribution in [0, 0.1) is 3.57 Å². The lowest BCUT2D eigenvalue weighted by Gasteiger charge is -2.06. The number of alkyl halides is 2. The average Bonchev–Trinajstić information content (AvgIpc) is 2.40. The summed E-state index contributed by atoms with van der Waals surface area (Å²) >= 11 is 1.88. The maximum Gasteiger partial charge on any atom is 0.313 e. The molecule has 0 N–H and O–H groups in total. The maximum absolute atomic E-state index is 13.2. The van der Waals surface area contributed by atoms with Crippen molar-refractivity contribution in [1.82, 2.24) is 0 Å². The number of ether oxygens (including phenoxy) is 1. The van der Waals surface area contributed by atoms with E-state index in [4.69, 9.17) is 4.74 Å². The Hall–Kier alpha value is -0.720. The molecule has 0 atom stereocenters. The standard InChI is InChI=1S/C10H7F2IO2/c1-15-7-3-2-6(13)8-5(7)4-10(11,12)9(8)14/h2-3H,4H2,1H3. The molecule has 0 heterocycles. The SMILES string of the molecule is COc1ccc(I)c2c1CC(F)(F)C2=O. The van der Waals surface area contributed by atoms with Gasteiger partial charge in [0.25, 0.3) is 0 Å². The predicted octanol–water partition coefficient (Wildman–Crippen LogP) is 2.67. The van der Waals surface area contributed by atoms with Gasteiger partial charge in [-0.05, 0) is 34.7 Å². The lowest BCUT2D eigenvalue weighted by molar-refractivity contribution is 0.0166. The van der Waals surface area contributed by atoms with Crippen LogP contribution < -0.4 is 4.74 Å². The number of carbonyl (C=O) groups excluding carboxylic acids is 1. The minimum absolute atomic E-state index is 0.111. The second-order valence-corrected chi connectivity index (χ2v) is 4.48. The molecule has 0 fully saturated rings. The molecule has 0 radical (unpaired) electrons. The molecule has 1 aliphatic carbocycles. The van der Waals surface area contributed by atoms with Gasteiger partial charge in [0, 0.05) is 21.1 Å². The van der Waals surface area contributed by atoms with E-state index in [1.807, 2.05) is 22.6 Å². The second-order valence-electron chi connectivity index (χ2n) is 3.31. The number of halogens is 3. The summed E-state index contributed by atoms with van der Waals surface area (Å²) in [6, 6.07) is 3.22. The molecule has 2 rings (SSSR count). The topological polar surface area (TPSA) is 26.3 Å². The van der Waals surface area contributed by atoms with Crippen LogP contribution in [0.1, 0.15) is 15.9 Å². The van der Waals surface area contributed by atoms with Gasteiger partial charge in [-0.3, -0.25) is 4.79 Å². The highest BCUT2D eigenvalue weighted by Gasteiger charge is 2.49. The van der Waals surface area contributed by atoms with Gasteiger partial charge in [-0.2, -0.15) is 8.78 Å². The fraction of sp³-hybridized carbons (Fsp3) is 0.300. The second kappa shape index (κ2) is 3.40. The van der Waals surface area contributed by atoms with Crippen molar-refractivity contribution in [3.05, 3.63) is 26.8 Å². The Morgan fingerprint density at radius 2 is 2.13 bits per heavy atom. The largest absolute Gasteiger partial charge is 0.496 e. The number of Topliss-reactive ketones (excluding diaryl/α,β-unsaturated/α-hetero) is 1. The molecule has 2 nitrogen and oxygen atoms in total. The normalized spacial score (nSPS) is 17.7. The first kappa shape index (κ1) is 10.8. The van der Waals surface area contributed by atoms with E-state index in [9.17, 15) is 13.6 Å². The van der Waals surface area contributed by atoms with Crippen molar-refractivity contribution in [2.45, 2.75) is 12.3 Å². The van der Waals surface area contributed by atoms with Gasteiger partial charge in [-0.25, -0.2) is 0 Å². The highest BCUT2D eigenvalue weighted by atomic mass is 127. The van der Waals surface area contributed by atoms with Crippen LogP contribution in [0.4, 0.5) is 8.78 Å². The zero-order chi connectivity index (χ0) is 11.2. The predicted molar refractivity (Wildman–Crippen MR) is 58.7 cm³/mol. The van der Waals surface area contributed by atoms with Crippen LogP contribution in [0.3, 0.4) is 0 Å². The first-order chi connectivity index (χ1) is 6.97. The van der Waals surface area contributed by atoms with E-state index in [0.717, 1.165) is 0 Å². The Balaban J connectivity index is 2.67. The van der Waals surface area contributed by atoms with Crippen LogP contribution in [0.2, 0.25) is 0 Å². The maximum atomic E-state index is 13.2. The number of methoxy groups -OCH3 is 1. The quantitative estimate of drug-likeness (QED) is 0.743. The van der Waals surface area contributed by atoms with Gasteiger partial charge in [0.1, 0.15) is 5.75 Å². The third kappa shape index (κ3) is 1.53. The first-order valence-corrected chi connectivity index (χ1v) is 5.33. The smallest absolute Gasteiger partial charge is 0.313 e. The number of benzene rings is 1. The molecule has 1 aromatic carbocycles. The first-order valence-electron chi connectivity index (χ1n) is 4.25. The third-order valence-corrected chi connectivity index (χ3v) is 3.30. The molecule has 15 heavy (non-hydrogen) atoms. The van der Waals surface area contributed by atoms with Gasteiger partial charge in [0.05, 0.1) is 7.11 Å². The van der Waals surface area contributed by atoms with Gasteiger partial charge in [-0.15, -0.1) is 0 Å². The Kier molecular flexibility index (Phi) is 2.44. The summed E-state index contributed by atoms with van der Waals surface area (Å²) in [6.07, 6.45) is -0.554. The fourth-order valence-electron chi connectivity index (χ4n) is 1.70. The van der Waals surface area contributed by atoms with Crippen LogP contribution in [-0.4, -0.2) is 18.8 Å². The van der Waals surface area contributed by atoms with Crippen LogP contribution in [0.15, 0.2) is 12.1 Å². The fourth-order valence-corrected chi connectivity index (χ4v) is 2.45. The van der Waals surface area contributed by atoms with Crippen molar-refractivity contribution in [1.29, 1.82) is 0 Å². The van der Waals surface area contributed by atoms with Crippen molar-refractivity contribution in [2.75, 3.05) is 7.11 Å². The van der Waals surface area contributed by atoms with E-state index in [0.29, 0.717) is 14.9 Å². The summed E-state index contributed by atoms with van der Waals surface area (Å²) in [5.74, 6) is -4.02. The Bertz CT molecular complexity index is 443. The third-order valence-electron chi connectivity index (χ3n) is 2.40. The summed E-state index contributed by atoms with van der Waals surface area (Å²) in [6.45, 7) is 0. The van der Waals surface area contributed by atoms with Crippen molar-refractivity contribution < 1.29 is 18.3 Å². The zero-order valence-electron chi connectivity index (χ0n) is 7.81. The minimum Gasteiger partial charge on any atom is -0.496 e. The molecule has 5 heteroatoms. The van der Waals surface area contributed by atoms with Crippen LogP contribution in [0.5, 0.6) is 5.75 Å². The average molecular weight is 324 g/mol. The summed E-state index contributed by atoms with van der Waals surface area (Å²) in [7, 11) is 1.41. The van der Waals surface area contributed by atoms with Crippen molar-refractivity contribution in [3.63, 3.8) is 0 Å². The van der Waals surface area contributed by atoms with Gasteiger partial charge >= 0.3 is 5.92 Å². The molecule has 0 amide bonds. The summed E-state index contributed by atoms with van der Waals surface area (Å²) in [5, 5.41) is 0. The molecule has 0 unspecified atom stereocenters. The van der Waals surface area contributed by atoms with E-state index in [1.165, 1.54) is 7.11 Å². The molecule has 0 bridgehead atoms. The number of rotatable bonds is 1. The number of ketones is 1. The molecule has 80 valence electrons. The number of hydrogen-bond acceptors (Lipinski definition) is 2. The van der Waals surface area contributed by atoms with Gasteiger partial charge < -0.3 is 4.74 Å². The lowest BCUT2D eigenvalue weighted by Crippen LogP contribution is -2.24. The molecular weight excluding hydrogens is 317 g/mol. The summed E-state index contributed by atoms with van der Waals surface area (Å²) in [5.41, 5.74) is 0.430. The molecule has 0 aromatic heterocycles. The van der Waals surface area contributed by atoms with Crippen LogP contribution in [0.25, 0.3) is 0 Å². The van der Waals surface area contributed by atoms with E-state index in [2.05, 4.69) is 0 Å². The summed E-state index contributed by atoms with van der Waals surface area (Å²) in [4.78, 5) is 11.4. The summed E-state index contributed by atoms with van der Waals surface area (Å²) < 4.78 is 31.9. The van der Waals surface area contributed by atoms with Crippen molar-refractivity contribution in [2.24, 2.45) is 0 Å². The zero-order valence-corrected chi connectivity index (χ0v) is 9.97. The number of hydrogen-bond donors (Lipinski definition) is 0. The van der Waals surface area contributed by atoms with Crippen molar-refractivity contribution in [3.8, 4) is 5.75 Å². The van der Waals surface area contributed by atoms with Gasteiger partial charge in [-0.1, -0.05) is 0 Å². The van der Waals surface area contributed by atoms with Crippen molar-refractivity contribution >= 4 is 28.4 Å². The molecular formula is C10H7F2IO2. The van der Waals surface area contributed by atoms with Crippen LogP contribution in [-0.2, 0) is 6.42 Å². The number of carbonyl (C=O) groups is 1. The Labute approximate surface area is 98.8 Å².